The molecule has 0 saturated carbocycles. The number of halogens is 1. The van der Waals surface area contributed by atoms with Gasteiger partial charge in [0.25, 0.3) is 5.95 Å². The molecule has 1 aromatic heterocycles. The fourth-order valence-electron chi connectivity index (χ4n) is 0.842. The van der Waals surface area contributed by atoms with Gasteiger partial charge in [-0.15, -0.1) is 0 Å². The van der Waals surface area contributed by atoms with Crippen molar-refractivity contribution < 1.29 is 19.2 Å². The van der Waals surface area contributed by atoms with Crippen LogP contribution in [-0.2, 0) is 0 Å². The van der Waals surface area contributed by atoms with Crippen LogP contribution in [0.4, 0.5) is 4.39 Å². The molecule has 0 spiro atoms. The number of hydrogen-bond acceptors (Lipinski definition) is 4. The Labute approximate surface area is 68.8 Å². The van der Waals surface area contributed by atoms with E-state index >= 15 is 0 Å². The third-order valence-corrected chi connectivity index (χ3v) is 1.37. The summed E-state index contributed by atoms with van der Waals surface area (Å²) >= 11 is 0. The van der Waals surface area contributed by atoms with Crippen LogP contribution in [0.5, 0.6) is 5.75 Å². The van der Waals surface area contributed by atoms with Gasteiger partial charge in [0, 0.05) is 11.7 Å². The first kappa shape index (κ1) is 8.96. The van der Waals surface area contributed by atoms with Crippen molar-refractivity contribution in [2.75, 3.05) is 7.11 Å². The molecule has 0 radical (unpaired) electrons. The lowest BCUT2D eigenvalue weighted by atomic mass is 9.80. The van der Waals surface area contributed by atoms with Crippen molar-refractivity contribution in [1.82, 2.24) is 4.98 Å². The first-order valence-electron chi connectivity index (χ1n) is 3.21. The molecule has 0 saturated heterocycles. The van der Waals surface area contributed by atoms with Crippen LogP contribution in [0.1, 0.15) is 0 Å². The van der Waals surface area contributed by atoms with Crippen LogP contribution in [-0.4, -0.2) is 29.3 Å². The van der Waals surface area contributed by atoms with Crippen molar-refractivity contribution in [3.8, 4) is 5.75 Å². The molecule has 4 nitrogen and oxygen atoms in total. The van der Waals surface area contributed by atoms with Gasteiger partial charge in [-0.05, 0) is 6.07 Å². The summed E-state index contributed by atoms with van der Waals surface area (Å²) in [5.74, 6) is -1.10. The van der Waals surface area contributed by atoms with Crippen molar-refractivity contribution in [2.24, 2.45) is 0 Å². The number of rotatable bonds is 2. The summed E-state index contributed by atoms with van der Waals surface area (Å²) in [6.07, 6.45) is 1.13. The van der Waals surface area contributed by atoms with Crippen molar-refractivity contribution >= 4 is 12.6 Å². The molecule has 1 aromatic rings. The van der Waals surface area contributed by atoms with Crippen molar-refractivity contribution in [1.29, 1.82) is 0 Å². The van der Waals surface area contributed by atoms with Crippen LogP contribution < -0.4 is 10.2 Å². The molecule has 0 bridgehead atoms. The van der Waals surface area contributed by atoms with Gasteiger partial charge in [-0.25, -0.2) is 4.98 Å². The molecule has 64 valence electrons. The molecule has 0 aliphatic carbocycles. The van der Waals surface area contributed by atoms with Gasteiger partial charge >= 0.3 is 7.12 Å². The van der Waals surface area contributed by atoms with Crippen molar-refractivity contribution in [3.05, 3.63) is 18.2 Å². The van der Waals surface area contributed by atoms with E-state index in [-0.39, 0.29) is 11.2 Å². The highest BCUT2D eigenvalue weighted by Gasteiger charge is 2.19. The molecule has 0 aliphatic rings. The number of methoxy groups -OCH3 is 1. The molecule has 6 heteroatoms. The monoisotopic (exact) mass is 171 g/mol. The lowest BCUT2D eigenvalue weighted by molar-refractivity contribution is 0.374. The van der Waals surface area contributed by atoms with Crippen LogP contribution in [0.2, 0.25) is 0 Å². The second-order valence-corrected chi connectivity index (χ2v) is 2.10. The number of ether oxygens (including phenoxy) is 1. The Hall–Kier alpha value is -1.14. The van der Waals surface area contributed by atoms with Gasteiger partial charge in [0.2, 0.25) is 0 Å². The number of aromatic nitrogens is 1. The minimum atomic E-state index is -1.75. The van der Waals surface area contributed by atoms with Crippen molar-refractivity contribution in [2.45, 2.75) is 0 Å². The predicted octanol–water partition coefficient (Wildman–Crippen LogP) is -1.09. The molecule has 1 rings (SSSR count). The molecule has 0 atom stereocenters. The zero-order valence-electron chi connectivity index (χ0n) is 6.36. The van der Waals surface area contributed by atoms with Crippen LogP contribution in [0.3, 0.4) is 0 Å². The van der Waals surface area contributed by atoms with E-state index in [0.29, 0.717) is 0 Å². The van der Waals surface area contributed by atoms with Gasteiger partial charge in [-0.1, -0.05) is 0 Å². The van der Waals surface area contributed by atoms with E-state index in [1.54, 1.807) is 0 Å². The van der Waals surface area contributed by atoms with E-state index < -0.39 is 13.1 Å². The topological polar surface area (TPSA) is 62.6 Å². The maximum absolute atomic E-state index is 12.8. The third-order valence-electron chi connectivity index (χ3n) is 1.37. The summed E-state index contributed by atoms with van der Waals surface area (Å²) < 4.78 is 17.3. The Morgan fingerprint density at radius 2 is 2.25 bits per heavy atom. The maximum Gasteiger partial charge on any atom is 0.492 e. The predicted molar refractivity (Wildman–Crippen MR) is 40.6 cm³/mol. The molecule has 2 N–H and O–H groups in total. The van der Waals surface area contributed by atoms with E-state index in [4.69, 9.17) is 10.0 Å². The zero-order valence-corrected chi connectivity index (χ0v) is 6.36. The van der Waals surface area contributed by atoms with Gasteiger partial charge < -0.3 is 14.8 Å². The molecule has 0 aliphatic heterocycles. The summed E-state index contributed by atoms with van der Waals surface area (Å²) in [4.78, 5) is 3.28. The Morgan fingerprint density at radius 3 is 2.67 bits per heavy atom. The highest BCUT2D eigenvalue weighted by Crippen LogP contribution is 2.09. The van der Waals surface area contributed by atoms with Crippen LogP contribution >= 0.6 is 0 Å². The fourth-order valence-corrected chi connectivity index (χ4v) is 0.842. The van der Waals surface area contributed by atoms with Gasteiger partial charge in [-0.2, -0.15) is 4.39 Å². The molecule has 0 fully saturated rings. The molecular formula is C6H7BFNO3. The van der Waals surface area contributed by atoms with E-state index in [1.165, 1.54) is 13.2 Å². The van der Waals surface area contributed by atoms with Gasteiger partial charge in [-0.3, -0.25) is 0 Å². The second-order valence-electron chi connectivity index (χ2n) is 2.10. The molecule has 0 aromatic carbocycles. The summed E-state index contributed by atoms with van der Waals surface area (Å²) in [5, 5.41) is 17.5. The Morgan fingerprint density at radius 1 is 1.58 bits per heavy atom. The summed E-state index contributed by atoms with van der Waals surface area (Å²) in [6, 6.07) is 1.27. The van der Waals surface area contributed by atoms with E-state index in [2.05, 4.69) is 9.72 Å². The maximum atomic E-state index is 12.8. The van der Waals surface area contributed by atoms with Crippen LogP contribution in [0.15, 0.2) is 12.3 Å². The molecule has 1 heterocycles. The summed E-state index contributed by atoms with van der Waals surface area (Å²) in [7, 11) is -0.524. The Balaban J connectivity index is 3.18. The fraction of sp³-hybridized carbons (Fsp3) is 0.167. The van der Waals surface area contributed by atoms with Gasteiger partial charge in [0.15, 0.2) is 5.75 Å². The Kier molecular flexibility index (Phi) is 2.62. The summed E-state index contributed by atoms with van der Waals surface area (Å²) in [6.45, 7) is 0. The normalized spacial score (nSPS) is 9.67. The molecule has 0 unspecified atom stereocenters. The third kappa shape index (κ3) is 1.54. The first-order chi connectivity index (χ1) is 5.66. The minimum absolute atomic E-state index is 0.0370. The smallest absolute Gasteiger partial charge is 0.492 e. The largest absolute Gasteiger partial charge is 0.492 e. The molecule has 12 heavy (non-hydrogen) atoms. The molecule has 0 amide bonds. The number of pyridine rings is 1. The van der Waals surface area contributed by atoms with E-state index in [1.807, 2.05) is 0 Å². The highest BCUT2D eigenvalue weighted by atomic mass is 19.1. The lowest BCUT2D eigenvalue weighted by Crippen LogP contribution is -2.32. The standard InChI is InChI=1S/C6H7BFNO3/c1-12-5-4(7(10)11)2-3-9-6(5)8/h2-3,10-11H,1H3. The van der Waals surface area contributed by atoms with E-state index in [9.17, 15) is 4.39 Å². The summed E-state index contributed by atoms with van der Waals surface area (Å²) in [5.41, 5.74) is -0.0370. The average Bonchev–Trinajstić information content (AvgIpc) is 2.03. The Bertz CT molecular complexity index is 281. The average molecular weight is 171 g/mol. The van der Waals surface area contributed by atoms with Gasteiger partial charge in [0.1, 0.15) is 0 Å². The van der Waals surface area contributed by atoms with Gasteiger partial charge in [0.05, 0.1) is 7.11 Å². The highest BCUT2D eigenvalue weighted by molar-refractivity contribution is 6.59. The van der Waals surface area contributed by atoms with Crippen LogP contribution in [0, 0.1) is 5.95 Å². The van der Waals surface area contributed by atoms with Crippen LogP contribution in [0.25, 0.3) is 0 Å². The van der Waals surface area contributed by atoms with E-state index in [0.717, 1.165) is 6.20 Å². The lowest BCUT2D eigenvalue weighted by Gasteiger charge is -2.06. The minimum Gasteiger partial charge on any atom is -0.492 e. The number of nitrogens with zero attached hydrogens (tertiary/aromatic N) is 1. The zero-order chi connectivity index (χ0) is 9.14. The second kappa shape index (κ2) is 3.51. The first-order valence-corrected chi connectivity index (χ1v) is 3.21. The molecular weight excluding hydrogens is 164 g/mol. The quantitative estimate of drug-likeness (QED) is 0.438. The SMILES string of the molecule is COc1c(B(O)O)ccnc1F. The van der Waals surface area contributed by atoms with Crippen molar-refractivity contribution in [3.63, 3.8) is 0 Å². The number of hydrogen-bond donors (Lipinski definition) is 2.